The number of β-lactam (4-membered cyclic amide) rings is 1. The van der Waals surface area contributed by atoms with Gasteiger partial charge in [0.15, 0.2) is 5.54 Å². The van der Waals surface area contributed by atoms with Crippen LogP contribution in [-0.4, -0.2) is 50.1 Å². The Morgan fingerprint density at radius 1 is 1.55 bits per heavy atom. The minimum atomic E-state index is -1.07. The van der Waals surface area contributed by atoms with Crippen LogP contribution in [0.2, 0.25) is 0 Å². The van der Waals surface area contributed by atoms with Gasteiger partial charge in [0.05, 0.1) is 5.88 Å². The van der Waals surface area contributed by atoms with Crippen molar-refractivity contribution in [2.45, 2.75) is 36.6 Å². The van der Waals surface area contributed by atoms with E-state index < -0.39 is 11.5 Å². The molecule has 2 fully saturated rings. The second kappa shape index (κ2) is 5.07. The predicted molar refractivity (Wildman–Crippen MR) is 78.2 cm³/mol. The molecule has 2 heterocycles. The zero-order valence-electron chi connectivity index (χ0n) is 10.8. The summed E-state index contributed by atoms with van der Waals surface area (Å²) in [6.45, 7) is 0. The van der Waals surface area contributed by atoms with E-state index in [4.69, 9.17) is 16.7 Å². The van der Waals surface area contributed by atoms with Crippen molar-refractivity contribution in [1.29, 1.82) is 0 Å². The molecule has 0 unspecified atom stereocenters. The molecule has 0 radical (unpaired) electrons. The van der Waals surface area contributed by atoms with E-state index in [9.17, 15) is 9.59 Å². The first-order valence-electron chi connectivity index (χ1n) is 6.62. The fraction of sp³-hybridized carbons (Fsp3) is 0.615. The molecule has 2 aliphatic heterocycles. The van der Waals surface area contributed by atoms with Crippen LogP contribution >= 0.6 is 23.4 Å². The number of aliphatic carboxylic acids is 1. The molecule has 0 bridgehead atoms. The van der Waals surface area contributed by atoms with E-state index in [1.165, 1.54) is 16.7 Å². The summed E-state index contributed by atoms with van der Waals surface area (Å²) in [6, 6.07) is 0. The van der Waals surface area contributed by atoms with Crippen LogP contribution in [0, 0.1) is 0 Å². The Hall–Kier alpha value is -1.01. The number of fused-ring (bicyclic) bond motifs is 1. The molecule has 3 rings (SSSR count). The highest BCUT2D eigenvalue weighted by molar-refractivity contribution is 8.00. The molecule has 0 aromatic rings. The maximum Gasteiger partial charge on any atom is 0.352 e. The molecule has 1 N–H and O–H groups in total. The number of aliphatic imine (C=N–C) groups is 1. The molecule has 1 saturated heterocycles. The SMILES string of the molecule is O=C(O)C1=CCS[C@@H]2N1C(=O)[C@@]2(CCl)N=C1CCCC1. The summed E-state index contributed by atoms with van der Waals surface area (Å²) >= 11 is 7.57. The first-order valence-corrected chi connectivity index (χ1v) is 8.21. The van der Waals surface area contributed by atoms with E-state index in [0.717, 1.165) is 31.4 Å². The molecule has 0 aromatic carbocycles. The number of hydrogen-bond acceptors (Lipinski definition) is 4. The highest BCUT2D eigenvalue weighted by atomic mass is 35.5. The molecule has 1 saturated carbocycles. The number of halogens is 1. The van der Waals surface area contributed by atoms with Gasteiger partial charge in [0.25, 0.3) is 5.91 Å². The highest BCUT2D eigenvalue weighted by Crippen LogP contribution is 2.47. The summed E-state index contributed by atoms with van der Waals surface area (Å²) in [5, 5.41) is 8.88. The van der Waals surface area contributed by atoms with Crippen molar-refractivity contribution in [2.75, 3.05) is 11.6 Å². The maximum atomic E-state index is 12.5. The molecule has 108 valence electrons. The van der Waals surface area contributed by atoms with E-state index in [-0.39, 0.29) is 22.9 Å². The van der Waals surface area contributed by atoms with Crippen LogP contribution in [0.15, 0.2) is 16.8 Å². The molecule has 7 heteroatoms. The Balaban J connectivity index is 1.92. The number of hydrogen-bond donors (Lipinski definition) is 1. The lowest BCUT2D eigenvalue weighted by molar-refractivity contribution is -0.153. The lowest BCUT2D eigenvalue weighted by atomic mass is 9.89. The number of carbonyl (C=O) groups excluding carboxylic acids is 1. The predicted octanol–water partition coefficient (Wildman–Crippen LogP) is 1.86. The minimum Gasteiger partial charge on any atom is -0.477 e. The number of carboxylic acid groups (broad SMARTS) is 1. The normalized spacial score (nSPS) is 32.5. The molecule has 20 heavy (non-hydrogen) atoms. The van der Waals surface area contributed by atoms with Crippen molar-refractivity contribution in [3.63, 3.8) is 0 Å². The molecule has 0 spiro atoms. The second-order valence-corrected chi connectivity index (χ2v) is 6.58. The minimum absolute atomic E-state index is 0.0612. The Morgan fingerprint density at radius 3 is 2.85 bits per heavy atom. The molecular weight excluding hydrogens is 300 g/mol. The Labute approximate surface area is 126 Å². The van der Waals surface area contributed by atoms with E-state index in [0.29, 0.717) is 5.75 Å². The summed E-state index contributed by atoms with van der Waals surface area (Å²) in [5.74, 6) is -0.672. The molecule has 2 atom stereocenters. The fourth-order valence-corrected chi connectivity index (χ4v) is 4.68. The molecule has 0 aromatic heterocycles. The number of amides is 1. The van der Waals surface area contributed by atoms with Crippen LogP contribution in [0.5, 0.6) is 0 Å². The van der Waals surface area contributed by atoms with E-state index in [1.54, 1.807) is 6.08 Å². The quantitative estimate of drug-likeness (QED) is 0.637. The molecule has 5 nitrogen and oxygen atoms in total. The van der Waals surface area contributed by atoms with Crippen molar-refractivity contribution < 1.29 is 14.7 Å². The smallest absolute Gasteiger partial charge is 0.352 e. The first-order chi connectivity index (χ1) is 9.60. The number of thioether (sulfide) groups is 1. The van der Waals surface area contributed by atoms with E-state index >= 15 is 0 Å². The number of carbonyl (C=O) groups is 2. The van der Waals surface area contributed by atoms with Gasteiger partial charge in [-0.1, -0.05) is 0 Å². The van der Waals surface area contributed by atoms with Crippen LogP contribution in [0.4, 0.5) is 0 Å². The van der Waals surface area contributed by atoms with Gasteiger partial charge in [0.2, 0.25) is 0 Å². The monoisotopic (exact) mass is 314 g/mol. The van der Waals surface area contributed by atoms with Gasteiger partial charge >= 0.3 is 5.97 Å². The zero-order valence-corrected chi connectivity index (χ0v) is 12.4. The lowest BCUT2D eigenvalue weighted by Crippen LogP contribution is -2.73. The number of carboxylic acids is 1. The average molecular weight is 315 g/mol. The third kappa shape index (κ3) is 1.89. The molecule has 3 aliphatic rings. The van der Waals surface area contributed by atoms with E-state index in [2.05, 4.69) is 4.99 Å². The Morgan fingerprint density at radius 2 is 2.25 bits per heavy atom. The van der Waals surface area contributed by atoms with Gasteiger partial charge in [-0.25, -0.2) is 4.79 Å². The van der Waals surface area contributed by atoms with Crippen LogP contribution in [-0.2, 0) is 9.59 Å². The lowest BCUT2D eigenvalue weighted by Gasteiger charge is -2.54. The van der Waals surface area contributed by atoms with Crippen LogP contribution in [0.3, 0.4) is 0 Å². The van der Waals surface area contributed by atoms with Gasteiger partial charge in [0, 0.05) is 11.5 Å². The topological polar surface area (TPSA) is 70.0 Å². The van der Waals surface area contributed by atoms with Crippen LogP contribution in [0.25, 0.3) is 0 Å². The number of alkyl halides is 1. The summed E-state index contributed by atoms with van der Waals surface area (Å²) < 4.78 is 0. The standard InChI is InChI=1S/C13H15ClN2O3S/c14-7-13(15-8-3-1-2-4-8)11(19)16-9(10(17)18)5-6-20-12(13)16/h5,12H,1-4,6-7H2,(H,17,18)/t12-,13+/m0/s1. The van der Waals surface area contributed by atoms with Crippen molar-refractivity contribution in [2.24, 2.45) is 4.99 Å². The molecule has 1 aliphatic carbocycles. The van der Waals surface area contributed by atoms with Gasteiger partial charge in [-0.05, 0) is 31.8 Å². The van der Waals surface area contributed by atoms with E-state index in [1.807, 2.05) is 0 Å². The van der Waals surface area contributed by atoms with Crippen molar-refractivity contribution in [3.05, 3.63) is 11.8 Å². The second-order valence-electron chi connectivity index (χ2n) is 5.20. The van der Waals surface area contributed by atoms with Gasteiger partial charge in [-0.15, -0.1) is 23.4 Å². The van der Waals surface area contributed by atoms with Crippen molar-refractivity contribution in [3.8, 4) is 0 Å². The average Bonchev–Trinajstić information content (AvgIpc) is 2.96. The van der Waals surface area contributed by atoms with Gasteiger partial charge < -0.3 is 5.11 Å². The van der Waals surface area contributed by atoms with Crippen molar-refractivity contribution in [1.82, 2.24) is 4.90 Å². The van der Waals surface area contributed by atoms with Gasteiger partial charge in [-0.2, -0.15) is 0 Å². The number of nitrogens with zero attached hydrogens (tertiary/aromatic N) is 2. The molecule has 1 amide bonds. The van der Waals surface area contributed by atoms with Gasteiger partial charge in [0.1, 0.15) is 11.1 Å². The third-order valence-corrected chi connectivity index (χ3v) is 5.67. The Bertz CT molecular complexity index is 526. The summed E-state index contributed by atoms with van der Waals surface area (Å²) in [4.78, 5) is 29.6. The van der Waals surface area contributed by atoms with Crippen molar-refractivity contribution >= 4 is 41.0 Å². The van der Waals surface area contributed by atoms with Gasteiger partial charge in [-0.3, -0.25) is 14.7 Å². The summed E-state index contributed by atoms with van der Waals surface area (Å²) in [7, 11) is 0. The highest BCUT2D eigenvalue weighted by Gasteiger charge is 2.63. The van der Waals surface area contributed by atoms with Crippen LogP contribution in [0.1, 0.15) is 25.7 Å². The fourth-order valence-electron chi connectivity index (χ4n) is 2.96. The Kier molecular flexibility index (Phi) is 3.54. The van der Waals surface area contributed by atoms with Crippen LogP contribution < -0.4 is 0 Å². The summed E-state index contributed by atoms with van der Waals surface area (Å²) in [6.07, 6.45) is 5.62. The summed E-state index contributed by atoms with van der Waals surface area (Å²) in [5.41, 5.74) is 0.151. The first kappa shape index (κ1) is 13.9. The molecular formula is C13H15ClN2O3S. The maximum absolute atomic E-state index is 12.5. The number of rotatable bonds is 3. The zero-order chi connectivity index (χ0) is 14.3. The third-order valence-electron chi connectivity index (χ3n) is 3.98. The largest absolute Gasteiger partial charge is 0.477 e.